The van der Waals surface area contributed by atoms with Gasteiger partial charge in [0.05, 0.1) is 0 Å². The smallest absolute Gasteiger partial charge is 0.137 e. The van der Waals surface area contributed by atoms with Gasteiger partial charge in [0, 0.05) is 58.5 Å². The van der Waals surface area contributed by atoms with Crippen LogP contribution in [0.4, 0.5) is 17.1 Å². The molecule has 2 aromatic heterocycles. The highest BCUT2D eigenvalue weighted by atomic mass is 79.9. The third kappa shape index (κ3) is 3.83. The van der Waals surface area contributed by atoms with Crippen molar-refractivity contribution in [3.8, 4) is 11.1 Å². The highest BCUT2D eigenvalue weighted by molar-refractivity contribution is 9.10. The number of rotatable bonds is 4. The van der Waals surface area contributed by atoms with Crippen LogP contribution in [0.5, 0.6) is 0 Å². The van der Waals surface area contributed by atoms with Crippen molar-refractivity contribution in [2.24, 2.45) is 0 Å². The fraction of sp³-hybridized carbons (Fsp3) is 0. The van der Waals surface area contributed by atoms with Crippen molar-refractivity contribution in [2.45, 2.75) is 0 Å². The quantitative estimate of drug-likeness (QED) is 0.201. The largest absolute Gasteiger partial charge is 0.456 e. The first-order valence-electron chi connectivity index (χ1n) is 13.2. The summed E-state index contributed by atoms with van der Waals surface area (Å²) in [6, 6.07) is 47.3. The summed E-state index contributed by atoms with van der Waals surface area (Å²) in [7, 11) is 0. The van der Waals surface area contributed by atoms with E-state index in [2.05, 4.69) is 142 Å². The molecule has 40 heavy (non-hydrogen) atoms. The summed E-state index contributed by atoms with van der Waals surface area (Å²) in [5.74, 6) is 0. The van der Waals surface area contributed by atoms with Crippen molar-refractivity contribution in [1.82, 2.24) is 0 Å². The number of anilines is 3. The Labute approximate surface area is 243 Å². The Morgan fingerprint density at radius 2 is 1.25 bits per heavy atom. The van der Waals surface area contributed by atoms with Crippen LogP contribution in [-0.2, 0) is 0 Å². The summed E-state index contributed by atoms with van der Waals surface area (Å²) >= 11 is 5.50. The van der Waals surface area contributed by atoms with E-state index in [4.69, 9.17) is 4.42 Å². The van der Waals surface area contributed by atoms with E-state index in [1.165, 1.54) is 31.3 Å². The van der Waals surface area contributed by atoms with Crippen LogP contribution in [0.15, 0.2) is 142 Å². The third-order valence-corrected chi connectivity index (χ3v) is 9.24. The second-order valence-corrected chi connectivity index (χ2v) is 11.9. The lowest BCUT2D eigenvalue weighted by molar-refractivity contribution is 0.669. The Hall–Kier alpha value is -4.38. The van der Waals surface area contributed by atoms with Gasteiger partial charge in [-0.05, 0) is 71.8 Å². The average molecular weight is 597 g/mol. The Morgan fingerprint density at radius 3 is 2.12 bits per heavy atom. The van der Waals surface area contributed by atoms with Crippen LogP contribution in [0.3, 0.4) is 0 Å². The lowest BCUT2D eigenvalue weighted by atomic mass is 10.0. The van der Waals surface area contributed by atoms with E-state index in [0.717, 1.165) is 43.5 Å². The van der Waals surface area contributed by atoms with Crippen LogP contribution < -0.4 is 4.90 Å². The molecule has 0 aliphatic carbocycles. The highest BCUT2D eigenvalue weighted by Crippen LogP contribution is 2.42. The summed E-state index contributed by atoms with van der Waals surface area (Å²) < 4.78 is 9.97. The zero-order valence-electron chi connectivity index (χ0n) is 21.3. The van der Waals surface area contributed by atoms with E-state index in [1.807, 2.05) is 23.5 Å². The Morgan fingerprint density at radius 1 is 0.525 bits per heavy atom. The molecule has 0 N–H and O–H groups in total. The van der Waals surface area contributed by atoms with Crippen molar-refractivity contribution in [2.75, 3.05) is 4.90 Å². The van der Waals surface area contributed by atoms with Crippen molar-refractivity contribution in [3.63, 3.8) is 0 Å². The molecule has 0 spiro atoms. The average Bonchev–Trinajstić information content (AvgIpc) is 3.56. The number of furan rings is 1. The van der Waals surface area contributed by atoms with Gasteiger partial charge in [0.15, 0.2) is 0 Å². The maximum Gasteiger partial charge on any atom is 0.137 e. The third-order valence-electron chi connectivity index (χ3n) is 7.53. The van der Waals surface area contributed by atoms with Gasteiger partial charge in [0.1, 0.15) is 11.2 Å². The number of hydrogen-bond acceptors (Lipinski definition) is 3. The second kappa shape index (κ2) is 9.37. The normalized spacial score (nSPS) is 11.6. The first-order chi connectivity index (χ1) is 19.7. The fourth-order valence-corrected chi connectivity index (χ4v) is 7.25. The molecule has 0 fully saturated rings. The van der Waals surface area contributed by atoms with Crippen LogP contribution in [0, 0.1) is 0 Å². The number of nitrogens with zero attached hydrogens (tertiary/aromatic N) is 1. The molecular weight excluding hydrogens is 574 g/mol. The fourth-order valence-electron chi connectivity index (χ4n) is 5.67. The predicted octanol–water partition coefficient (Wildman–Crippen LogP) is 11.9. The van der Waals surface area contributed by atoms with Crippen molar-refractivity contribution in [1.29, 1.82) is 0 Å². The number of para-hydroxylation sites is 2. The molecule has 6 aromatic carbocycles. The Kier molecular flexibility index (Phi) is 5.51. The maximum atomic E-state index is 6.24. The van der Waals surface area contributed by atoms with E-state index < -0.39 is 0 Å². The van der Waals surface area contributed by atoms with Crippen LogP contribution in [0.2, 0.25) is 0 Å². The van der Waals surface area contributed by atoms with Gasteiger partial charge in [-0.15, -0.1) is 11.3 Å². The number of fused-ring (bicyclic) bond motifs is 6. The van der Waals surface area contributed by atoms with Crippen molar-refractivity contribution >= 4 is 86.4 Å². The van der Waals surface area contributed by atoms with Gasteiger partial charge in [-0.1, -0.05) is 82.7 Å². The van der Waals surface area contributed by atoms with Crippen LogP contribution >= 0.6 is 27.3 Å². The van der Waals surface area contributed by atoms with E-state index in [0.29, 0.717) is 0 Å². The molecule has 0 unspecified atom stereocenters. The van der Waals surface area contributed by atoms with Crippen LogP contribution in [0.1, 0.15) is 0 Å². The first kappa shape index (κ1) is 23.5. The summed E-state index contributed by atoms with van der Waals surface area (Å²) in [4.78, 5) is 2.29. The van der Waals surface area contributed by atoms with Crippen molar-refractivity contribution in [3.05, 3.63) is 138 Å². The van der Waals surface area contributed by atoms with E-state index in [9.17, 15) is 0 Å². The van der Waals surface area contributed by atoms with Gasteiger partial charge in [-0.2, -0.15) is 0 Å². The van der Waals surface area contributed by atoms with E-state index >= 15 is 0 Å². The Balaban J connectivity index is 1.24. The lowest BCUT2D eigenvalue weighted by Crippen LogP contribution is -2.09. The van der Waals surface area contributed by atoms with Crippen LogP contribution in [-0.4, -0.2) is 0 Å². The lowest BCUT2D eigenvalue weighted by Gasteiger charge is -2.25. The zero-order chi connectivity index (χ0) is 26.6. The van der Waals surface area contributed by atoms with Gasteiger partial charge in [0.25, 0.3) is 0 Å². The molecule has 2 nitrogen and oxygen atoms in total. The van der Waals surface area contributed by atoms with E-state index in [1.54, 1.807) is 0 Å². The SMILES string of the molecule is Brc1ccc2sc3c(-c4ccc(N(c5ccccc5)c5ccc6c(c5)oc5ccccc56)cc4)cccc3c2c1. The number of hydrogen-bond donors (Lipinski definition) is 0. The topological polar surface area (TPSA) is 16.4 Å². The molecule has 0 radical (unpaired) electrons. The van der Waals surface area contributed by atoms with Gasteiger partial charge in [0.2, 0.25) is 0 Å². The second-order valence-electron chi connectivity index (χ2n) is 9.92. The zero-order valence-corrected chi connectivity index (χ0v) is 23.7. The standard InChI is InChI=1S/C36H22BrNOS/c37-24-15-20-35-32(21-24)31-11-6-10-28(36(31)40-35)23-13-16-26(17-14-23)38(25-7-2-1-3-8-25)27-18-19-30-29-9-4-5-12-33(29)39-34(30)22-27/h1-22H. The summed E-state index contributed by atoms with van der Waals surface area (Å²) in [5, 5.41) is 4.87. The number of thiophene rings is 1. The monoisotopic (exact) mass is 595 g/mol. The van der Waals surface area contributed by atoms with Crippen molar-refractivity contribution < 1.29 is 4.42 Å². The molecular formula is C36H22BrNOS. The summed E-state index contributed by atoms with van der Waals surface area (Å²) in [6.45, 7) is 0. The van der Waals surface area contributed by atoms with Crippen LogP contribution in [0.25, 0.3) is 53.2 Å². The molecule has 8 rings (SSSR count). The minimum absolute atomic E-state index is 0.888. The summed E-state index contributed by atoms with van der Waals surface area (Å²) in [5.41, 5.74) is 7.52. The van der Waals surface area contributed by atoms with Gasteiger partial charge < -0.3 is 9.32 Å². The summed E-state index contributed by atoms with van der Waals surface area (Å²) in [6.07, 6.45) is 0. The number of benzene rings is 6. The van der Waals surface area contributed by atoms with Gasteiger partial charge >= 0.3 is 0 Å². The molecule has 0 saturated heterocycles. The maximum absolute atomic E-state index is 6.24. The molecule has 8 aromatic rings. The minimum Gasteiger partial charge on any atom is -0.456 e. The number of halogens is 1. The molecule has 190 valence electrons. The highest BCUT2D eigenvalue weighted by Gasteiger charge is 2.16. The van der Waals surface area contributed by atoms with Gasteiger partial charge in [-0.3, -0.25) is 0 Å². The first-order valence-corrected chi connectivity index (χ1v) is 14.8. The molecule has 2 heterocycles. The minimum atomic E-state index is 0.888. The molecule has 4 heteroatoms. The Bertz CT molecular complexity index is 2180. The molecule has 0 aliphatic rings. The molecule has 0 bridgehead atoms. The molecule has 0 saturated carbocycles. The predicted molar refractivity (Wildman–Crippen MR) is 174 cm³/mol. The molecule has 0 aliphatic heterocycles. The van der Waals surface area contributed by atoms with E-state index in [-0.39, 0.29) is 0 Å². The van der Waals surface area contributed by atoms with Gasteiger partial charge in [-0.25, -0.2) is 0 Å². The molecule has 0 amide bonds. The molecule has 0 atom stereocenters.